The van der Waals surface area contributed by atoms with Gasteiger partial charge in [-0.3, -0.25) is 0 Å². The molecule has 3 nitrogen and oxygen atoms in total. The molecule has 0 saturated heterocycles. The van der Waals surface area contributed by atoms with Crippen LogP contribution in [0.3, 0.4) is 0 Å². The van der Waals surface area contributed by atoms with Crippen LogP contribution in [0.5, 0.6) is 0 Å². The summed E-state index contributed by atoms with van der Waals surface area (Å²) < 4.78 is 11.0. The third-order valence-corrected chi connectivity index (χ3v) is 8.81. The van der Waals surface area contributed by atoms with E-state index in [0.29, 0.717) is 13.2 Å². The van der Waals surface area contributed by atoms with Crippen molar-refractivity contribution >= 4 is 16.1 Å². The van der Waals surface area contributed by atoms with E-state index in [0.717, 1.165) is 6.42 Å². The fourth-order valence-corrected chi connectivity index (χ4v) is 9.50. The molecule has 0 heterocycles. The van der Waals surface area contributed by atoms with Gasteiger partial charge in [0.05, 0.1) is 29.4 Å². The van der Waals surface area contributed by atoms with E-state index in [4.69, 9.17) is 9.47 Å². The Labute approximate surface area is 138 Å². The predicted molar refractivity (Wildman–Crippen MR) is 99.7 cm³/mol. The first-order valence-electron chi connectivity index (χ1n) is 8.14. The highest BCUT2D eigenvalue weighted by Crippen LogP contribution is 2.49. The monoisotopic (exact) mass is 342 g/mol. The summed E-state index contributed by atoms with van der Waals surface area (Å²) in [5.41, 5.74) is 1.63. The Bertz CT molecular complexity index is 439. The van der Waals surface area contributed by atoms with Crippen molar-refractivity contribution in [1.29, 1.82) is 0 Å². The van der Waals surface area contributed by atoms with Gasteiger partial charge in [-0.2, -0.15) is 0 Å². The Balaban J connectivity index is 3.74. The van der Waals surface area contributed by atoms with E-state index in [1.165, 1.54) is 21.5 Å². The minimum atomic E-state index is -1.70. The fourth-order valence-electron chi connectivity index (χ4n) is 4.03. The largest absolute Gasteiger partial charge is 0.382 e. The fraction of sp³-hybridized carbons (Fsp3) is 0.765. The van der Waals surface area contributed by atoms with Crippen molar-refractivity contribution in [1.82, 2.24) is 0 Å². The van der Waals surface area contributed by atoms with Crippen LogP contribution in [0.4, 0.5) is 0 Å². The lowest BCUT2D eigenvalue weighted by Gasteiger charge is -2.40. The summed E-state index contributed by atoms with van der Waals surface area (Å²) >= 11 is 0. The lowest BCUT2D eigenvalue weighted by Crippen LogP contribution is -2.48. The summed E-state index contributed by atoms with van der Waals surface area (Å²) in [5, 5.41) is 14.2. The molecule has 0 aromatic heterocycles. The van der Waals surface area contributed by atoms with E-state index in [1.807, 2.05) is 0 Å². The SMILES string of the molecule is CCC1(O)C([Si](C)(C)C)=C(COC)C(COC)=C1[Si](C)(C)C. The smallest absolute Gasteiger partial charge is 0.101 e. The van der Waals surface area contributed by atoms with Crippen LogP contribution in [0.25, 0.3) is 0 Å². The van der Waals surface area contributed by atoms with Crippen LogP contribution in [0.15, 0.2) is 21.5 Å². The molecule has 0 atom stereocenters. The van der Waals surface area contributed by atoms with E-state index in [-0.39, 0.29) is 0 Å². The number of methoxy groups -OCH3 is 2. The molecule has 0 fully saturated rings. The van der Waals surface area contributed by atoms with Crippen LogP contribution in [-0.2, 0) is 9.47 Å². The highest BCUT2D eigenvalue weighted by atomic mass is 28.3. The second-order valence-electron chi connectivity index (χ2n) is 8.29. The molecule has 5 heteroatoms. The molecule has 1 aliphatic carbocycles. The highest BCUT2D eigenvalue weighted by Gasteiger charge is 2.51. The molecular formula is C17H34O3Si2. The van der Waals surface area contributed by atoms with Crippen molar-refractivity contribution in [2.24, 2.45) is 0 Å². The Kier molecular flexibility index (Phi) is 6.07. The summed E-state index contributed by atoms with van der Waals surface area (Å²) in [6, 6.07) is 0. The maximum atomic E-state index is 11.7. The maximum Gasteiger partial charge on any atom is 0.101 e. The Morgan fingerprint density at radius 3 is 1.32 bits per heavy atom. The zero-order chi connectivity index (χ0) is 17.3. The molecular weight excluding hydrogens is 308 g/mol. The van der Waals surface area contributed by atoms with Crippen LogP contribution in [-0.4, -0.2) is 54.3 Å². The number of hydrogen-bond acceptors (Lipinski definition) is 3. The molecule has 0 radical (unpaired) electrons. The van der Waals surface area contributed by atoms with Gasteiger partial charge < -0.3 is 14.6 Å². The number of aliphatic hydroxyl groups is 1. The van der Waals surface area contributed by atoms with Gasteiger partial charge in [0.25, 0.3) is 0 Å². The van der Waals surface area contributed by atoms with Crippen molar-refractivity contribution in [3.05, 3.63) is 21.5 Å². The first-order chi connectivity index (χ1) is 9.95. The van der Waals surface area contributed by atoms with Crippen LogP contribution >= 0.6 is 0 Å². The Morgan fingerprint density at radius 1 is 0.818 bits per heavy atom. The lowest BCUT2D eigenvalue weighted by atomic mass is 10.0. The second kappa shape index (κ2) is 6.73. The first kappa shape index (κ1) is 19.8. The Hall–Kier alpha value is -0.206. The standard InChI is InChI=1S/C17H34O3Si2/c1-10-17(18)15(21(4,5)6)13(11-19-2)14(12-20-3)16(17)22(7,8)9/h18H,10-12H2,1-9H3. The topological polar surface area (TPSA) is 38.7 Å². The summed E-state index contributed by atoms with van der Waals surface area (Å²) in [4.78, 5) is 0. The van der Waals surface area contributed by atoms with Gasteiger partial charge in [0.15, 0.2) is 0 Å². The van der Waals surface area contributed by atoms with E-state index < -0.39 is 21.7 Å². The van der Waals surface area contributed by atoms with Crippen molar-refractivity contribution in [2.75, 3.05) is 27.4 Å². The van der Waals surface area contributed by atoms with Gasteiger partial charge in [-0.15, -0.1) is 0 Å². The average molecular weight is 343 g/mol. The van der Waals surface area contributed by atoms with Gasteiger partial charge in [0.1, 0.15) is 5.60 Å². The Morgan fingerprint density at radius 2 is 1.14 bits per heavy atom. The summed E-state index contributed by atoms with van der Waals surface area (Å²) in [6.45, 7) is 17.1. The third kappa shape index (κ3) is 3.48. The first-order valence-corrected chi connectivity index (χ1v) is 15.1. The van der Waals surface area contributed by atoms with Gasteiger partial charge in [-0.25, -0.2) is 0 Å². The van der Waals surface area contributed by atoms with Crippen LogP contribution in [0.1, 0.15) is 13.3 Å². The number of rotatable bonds is 7. The molecule has 0 spiro atoms. The van der Waals surface area contributed by atoms with E-state index in [2.05, 4.69) is 46.2 Å². The normalized spacial score (nSPS) is 19.4. The molecule has 0 aromatic rings. The molecule has 0 bridgehead atoms. The van der Waals surface area contributed by atoms with Gasteiger partial charge in [0.2, 0.25) is 0 Å². The van der Waals surface area contributed by atoms with Gasteiger partial charge in [-0.1, -0.05) is 46.2 Å². The van der Waals surface area contributed by atoms with Crippen LogP contribution in [0, 0.1) is 0 Å². The number of hydrogen-bond donors (Lipinski definition) is 1. The molecule has 1 rings (SSSR count). The zero-order valence-electron chi connectivity index (χ0n) is 15.9. The molecule has 1 N–H and O–H groups in total. The molecule has 0 aliphatic heterocycles. The molecule has 0 saturated carbocycles. The van der Waals surface area contributed by atoms with Crippen molar-refractivity contribution < 1.29 is 14.6 Å². The number of ether oxygens (including phenoxy) is 2. The molecule has 0 aromatic carbocycles. The summed E-state index contributed by atoms with van der Waals surface area (Å²) in [5.74, 6) is 0. The molecule has 0 unspecified atom stereocenters. The lowest BCUT2D eigenvalue weighted by molar-refractivity contribution is 0.126. The van der Waals surface area contributed by atoms with E-state index >= 15 is 0 Å². The van der Waals surface area contributed by atoms with Gasteiger partial charge in [0, 0.05) is 14.2 Å². The minimum Gasteiger partial charge on any atom is -0.382 e. The van der Waals surface area contributed by atoms with Crippen LogP contribution in [0.2, 0.25) is 39.3 Å². The summed E-state index contributed by atoms with van der Waals surface area (Å²) in [7, 11) is 0.0705. The van der Waals surface area contributed by atoms with Crippen molar-refractivity contribution in [3.8, 4) is 0 Å². The minimum absolute atomic E-state index is 0.564. The molecule has 22 heavy (non-hydrogen) atoms. The maximum absolute atomic E-state index is 11.7. The average Bonchev–Trinajstić information content (AvgIpc) is 2.59. The van der Waals surface area contributed by atoms with Crippen LogP contribution < -0.4 is 0 Å². The summed E-state index contributed by atoms with van der Waals surface area (Å²) in [6.07, 6.45) is 0.729. The van der Waals surface area contributed by atoms with E-state index in [9.17, 15) is 5.11 Å². The molecule has 128 valence electrons. The van der Waals surface area contributed by atoms with Gasteiger partial charge >= 0.3 is 0 Å². The molecule has 1 aliphatic rings. The quantitative estimate of drug-likeness (QED) is 0.716. The predicted octanol–water partition coefficient (Wildman–Crippen LogP) is 3.78. The molecule has 0 amide bonds. The van der Waals surface area contributed by atoms with E-state index in [1.54, 1.807) is 14.2 Å². The zero-order valence-corrected chi connectivity index (χ0v) is 17.9. The van der Waals surface area contributed by atoms with Crippen molar-refractivity contribution in [2.45, 2.75) is 58.2 Å². The van der Waals surface area contributed by atoms with Crippen molar-refractivity contribution in [3.63, 3.8) is 0 Å². The van der Waals surface area contributed by atoms with Gasteiger partial charge in [-0.05, 0) is 28.0 Å². The third-order valence-electron chi connectivity index (χ3n) is 4.38. The second-order valence-corrected chi connectivity index (χ2v) is 18.3. The highest BCUT2D eigenvalue weighted by molar-refractivity contribution is 6.87.